The quantitative estimate of drug-likeness (QED) is 0.835. The summed E-state index contributed by atoms with van der Waals surface area (Å²) in [6.45, 7) is 0.511. The highest BCUT2D eigenvalue weighted by atomic mass is 16.4. The molecule has 2 heterocycles. The van der Waals surface area contributed by atoms with Gasteiger partial charge in [-0.05, 0) is 24.3 Å². The summed E-state index contributed by atoms with van der Waals surface area (Å²) in [5, 5.41) is 11.8. The third kappa shape index (κ3) is 3.01. The van der Waals surface area contributed by atoms with E-state index in [9.17, 15) is 4.79 Å². The van der Waals surface area contributed by atoms with E-state index in [0.717, 1.165) is 5.69 Å². The van der Waals surface area contributed by atoms with Gasteiger partial charge in [-0.3, -0.25) is 4.98 Å². The summed E-state index contributed by atoms with van der Waals surface area (Å²) in [5.41, 5.74) is 1.08. The van der Waals surface area contributed by atoms with E-state index in [1.165, 1.54) is 18.3 Å². The highest BCUT2D eigenvalue weighted by molar-refractivity contribution is 5.88. The molecule has 0 saturated carbocycles. The minimum atomic E-state index is -0.965. The van der Waals surface area contributed by atoms with Gasteiger partial charge in [0.25, 0.3) is 0 Å². The lowest BCUT2D eigenvalue weighted by Crippen LogP contribution is -2.04. The van der Waals surface area contributed by atoms with Crippen LogP contribution in [0.25, 0.3) is 0 Å². The van der Waals surface area contributed by atoms with E-state index in [0.29, 0.717) is 12.4 Å². The predicted molar refractivity (Wildman–Crippen MR) is 62.8 cm³/mol. The van der Waals surface area contributed by atoms with Crippen LogP contribution in [-0.2, 0) is 6.54 Å². The number of aromatic nitrogens is 2. The standard InChI is InChI=1S/C12H11N3O2/c16-12(17)9-4-6-14-11(7-9)15-8-10-3-1-2-5-13-10/h1-7H,8H2,(H,14,15)(H,16,17). The minimum absolute atomic E-state index is 0.212. The molecule has 5 nitrogen and oxygen atoms in total. The van der Waals surface area contributed by atoms with Crippen molar-refractivity contribution in [2.45, 2.75) is 6.54 Å². The lowest BCUT2D eigenvalue weighted by atomic mass is 10.2. The van der Waals surface area contributed by atoms with Gasteiger partial charge in [0.15, 0.2) is 0 Å². The Morgan fingerprint density at radius 3 is 2.82 bits per heavy atom. The number of pyridine rings is 2. The second kappa shape index (κ2) is 5.07. The van der Waals surface area contributed by atoms with Crippen LogP contribution in [-0.4, -0.2) is 21.0 Å². The van der Waals surface area contributed by atoms with Gasteiger partial charge in [-0.15, -0.1) is 0 Å². The second-order valence-corrected chi connectivity index (χ2v) is 3.41. The van der Waals surface area contributed by atoms with Crippen LogP contribution in [0.3, 0.4) is 0 Å². The largest absolute Gasteiger partial charge is 0.478 e. The summed E-state index contributed by atoms with van der Waals surface area (Å²) in [6, 6.07) is 8.56. The number of hydrogen-bond donors (Lipinski definition) is 2. The molecule has 0 aromatic carbocycles. The first-order valence-corrected chi connectivity index (χ1v) is 5.09. The van der Waals surface area contributed by atoms with Crippen molar-refractivity contribution in [3.05, 3.63) is 54.0 Å². The van der Waals surface area contributed by atoms with E-state index in [2.05, 4.69) is 15.3 Å². The number of hydrogen-bond acceptors (Lipinski definition) is 4. The van der Waals surface area contributed by atoms with Crippen molar-refractivity contribution in [3.63, 3.8) is 0 Å². The van der Waals surface area contributed by atoms with Crippen molar-refractivity contribution in [2.24, 2.45) is 0 Å². The minimum Gasteiger partial charge on any atom is -0.478 e. The van der Waals surface area contributed by atoms with Gasteiger partial charge >= 0.3 is 5.97 Å². The van der Waals surface area contributed by atoms with Gasteiger partial charge < -0.3 is 10.4 Å². The van der Waals surface area contributed by atoms with Crippen LogP contribution in [0.2, 0.25) is 0 Å². The maximum atomic E-state index is 10.8. The van der Waals surface area contributed by atoms with Crippen LogP contribution < -0.4 is 5.32 Å². The first-order chi connectivity index (χ1) is 8.25. The fraction of sp³-hybridized carbons (Fsp3) is 0.0833. The highest BCUT2D eigenvalue weighted by Crippen LogP contribution is 2.07. The Balaban J connectivity index is 2.04. The normalized spacial score (nSPS) is 9.88. The third-order valence-corrected chi connectivity index (χ3v) is 2.18. The molecule has 2 aromatic rings. The first-order valence-electron chi connectivity index (χ1n) is 5.09. The van der Waals surface area contributed by atoms with Gasteiger partial charge in [0.2, 0.25) is 0 Å². The zero-order valence-electron chi connectivity index (χ0n) is 9.00. The maximum Gasteiger partial charge on any atom is 0.335 e. The molecule has 2 rings (SSSR count). The first kappa shape index (κ1) is 11.1. The molecule has 0 amide bonds. The molecule has 2 N–H and O–H groups in total. The fourth-order valence-electron chi connectivity index (χ4n) is 1.34. The van der Waals surface area contributed by atoms with Crippen molar-refractivity contribution in [1.82, 2.24) is 9.97 Å². The molecule has 0 unspecified atom stereocenters. The van der Waals surface area contributed by atoms with Crippen molar-refractivity contribution in [1.29, 1.82) is 0 Å². The predicted octanol–water partition coefficient (Wildman–Crippen LogP) is 1.79. The number of rotatable bonds is 4. The van der Waals surface area contributed by atoms with Crippen LogP contribution in [0.1, 0.15) is 16.1 Å². The Morgan fingerprint density at radius 1 is 1.24 bits per heavy atom. The zero-order chi connectivity index (χ0) is 12.1. The van der Waals surface area contributed by atoms with Gasteiger partial charge in [-0.25, -0.2) is 9.78 Å². The van der Waals surface area contributed by atoms with Crippen LogP contribution in [0.4, 0.5) is 5.82 Å². The Bertz CT molecular complexity index is 514. The number of carbonyl (C=O) groups is 1. The third-order valence-electron chi connectivity index (χ3n) is 2.18. The summed E-state index contributed by atoms with van der Waals surface area (Å²) in [7, 11) is 0. The summed E-state index contributed by atoms with van der Waals surface area (Å²) in [4.78, 5) is 18.9. The van der Waals surface area contributed by atoms with E-state index in [1.807, 2.05) is 18.2 Å². The molecule has 0 spiro atoms. The molecule has 0 aliphatic carbocycles. The molecule has 86 valence electrons. The lowest BCUT2D eigenvalue weighted by molar-refractivity contribution is 0.0697. The zero-order valence-corrected chi connectivity index (χ0v) is 9.00. The average molecular weight is 229 g/mol. The molecular weight excluding hydrogens is 218 g/mol. The van der Waals surface area contributed by atoms with Crippen LogP contribution in [0.5, 0.6) is 0 Å². The smallest absolute Gasteiger partial charge is 0.335 e. The van der Waals surface area contributed by atoms with Crippen molar-refractivity contribution < 1.29 is 9.90 Å². The van der Waals surface area contributed by atoms with E-state index in [4.69, 9.17) is 5.11 Å². The Kier molecular flexibility index (Phi) is 3.30. The molecule has 0 aliphatic heterocycles. The molecule has 2 aromatic heterocycles. The van der Waals surface area contributed by atoms with Crippen molar-refractivity contribution >= 4 is 11.8 Å². The van der Waals surface area contributed by atoms with E-state index < -0.39 is 5.97 Å². The maximum absolute atomic E-state index is 10.8. The van der Waals surface area contributed by atoms with E-state index in [1.54, 1.807) is 6.20 Å². The van der Waals surface area contributed by atoms with E-state index >= 15 is 0 Å². The van der Waals surface area contributed by atoms with E-state index in [-0.39, 0.29) is 5.56 Å². The highest BCUT2D eigenvalue weighted by Gasteiger charge is 2.03. The van der Waals surface area contributed by atoms with Gasteiger partial charge in [-0.2, -0.15) is 0 Å². The van der Waals surface area contributed by atoms with Gasteiger partial charge in [0.1, 0.15) is 5.82 Å². The average Bonchev–Trinajstić information content (AvgIpc) is 2.38. The lowest BCUT2D eigenvalue weighted by Gasteiger charge is -2.05. The molecule has 5 heteroatoms. The Hall–Kier alpha value is -2.43. The summed E-state index contributed by atoms with van der Waals surface area (Å²) < 4.78 is 0. The fourth-order valence-corrected chi connectivity index (χ4v) is 1.34. The van der Waals surface area contributed by atoms with Crippen LogP contribution >= 0.6 is 0 Å². The molecule has 0 fully saturated rings. The molecule has 0 saturated heterocycles. The van der Waals surface area contributed by atoms with Crippen molar-refractivity contribution in [3.8, 4) is 0 Å². The topological polar surface area (TPSA) is 75.1 Å². The van der Waals surface area contributed by atoms with Gasteiger partial charge in [0.05, 0.1) is 17.8 Å². The Labute approximate surface area is 98.2 Å². The summed E-state index contributed by atoms with van der Waals surface area (Å²) in [5.74, 6) is -0.441. The molecular formula is C12H11N3O2. The number of carboxylic acid groups (broad SMARTS) is 1. The summed E-state index contributed by atoms with van der Waals surface area (Å²) in [6.07, 6.45) is 3.17. The second-order valence-electron chi connectivity index (χ2n) is 3.41. The van der Waals surface area contributed by atoms with Gasteiger partial charge in [-0.1, -0.05) is 6.07 Å². The molecule has 0 bridgehead atoms. The molecule has 0 atom stereocenters. The monoisotopic (exact) mass is 229 g/mol. The van der Waals surface area contributed by atoms with Crippen molar-refractivity contribution in [2.75, 3.05) is 5.32 Å². The molecule has 17 heavy (non-hydrogen) atoms. The number of carboxylic acids is 1. The van der Waals surface area contributed by atoms with Crippen LogP contribution in [0, 0.1) is 0 Å². The number of nitrogens with zero attached hydrogens (tertiary/aromatic N) is 2. The number of nitrogens with one attached hydrogen (secondary N) is 1. The molecule has 0 radical (unpaired) electrons. The van der Waals surface area contributed by atoms with Crippen LogP contribution in [0.15, 0.2) is 42.7 Å². The molecule has 0 aliphatic rings. The van der Waals surface area contributed by atoms with Gasteiger partial charge in [0, 0.05) is 12.4 Å². The SMILES string of the molecule is O=C(O)c1ccnc(NCc2ccccn2)c1. The Morgan fingerprint density at radius 2 is 2.12 bits per heavy atom. The summed E-state index contributed by atoms with van der Waals surface area (Å²) >= 11 is 0. The number of aromatic carboxylic acids is 1. The number of anilines is 1.